The molecule has 1 aliphatic carbocycles. The second kappa shape index (κ2) is 21.6. The highest BCUT2D eigenvalue weighted by Crippen LogP contribution is 2.43. The molecule has 1 unspecified atom stereocenters. The fourth-order valence-electron chi connectivity index (χ4n) is 11.0. The van der Waals surface area contributed by atoms with Gasteiger partial charge < -0.3 is 30.1 Å². The number of hydrogen-bond donors (Lipinski definition) is 4. The van der Waals surface area contributed by atoms with Crippen LogP contribution in [-0.4, -0.2) is 53.2 Å². The number of aromatic amines is 2. The molecule has 0 amide bonds. The van der Waals surface area contributed by atoms with Crippen LogP contribution >= 0.6 is 0 Å². The molecule has 8 bridgehead atoms. The Morgan fingerprint density at radius 3 is 2.14 bits per heavy atom. The summed E-state index contributed by atoms with van der Waals surface area (Å²) < 4.78 is 11.1. The van der Waals surface area contributed by atoms with E-state index in [-0.39, 0.29) is 48.3 Å². The van der Waals surface area contributed by atoms with Gasteiger partial charge in [-0.1, -0.05) is 99.0 Å². The van der Waals surface area contributed by atoms with Gasteiger partial charge in [0.1, 0.15) is 12.5 Å². The lowest BCUT2D eigenvalue weighted by atomic mass is 9.80. The Bertz CT molecular complexity index is 2380. The van der Waals surface area contributed by atoms with E-state index in [1.807, 2.05) is 26.0 Å². The van der Waals surface area contributed by atoms with Crippen molar-refractivity contribution in [3.63, 3.8) is 0 Å². The summed E-state index contributed by atoms with van der Waals surface area (Å²) in [5.74, 6) is -0.252. The normalized spacial score (nSPS) is 24.5. The maximum atomic E-state index is 14.4. The number of ketones is 2. The minimum Gasteiger partial charge on any atom is -0.468 e. The first-order valence-electron chi connectivity index (χ1n) is 24.8. The molecule has 354 valence electrons. The summed E-state index contributed by atoms with van der Waals surface area (Å²) in [7, 11) is 1.32. The highest BCUT2D eigenvalue weighted by atomic mass is 16.5. The van der Waals surface area contributed by atoms with Gasteiger partial charge >= 0.3 is 11.9 Å². The van der Waals surface area contributed by atoms with Crippen LogP contribution in [0.25, 0.3) is 23.8 Å². The highest BCUT2D eigenvalue weighted by molar-refractivity contribution is 6.19. The van der Waals surface area contributed by atoms with E-state index < -0.39 is 17.9 Å². The van der Waals surface area contributed by atoms with Crippen molar-refractivity contribution in [2.45, 2.75) is 159 Å². The molecule has 0 saturated carbocycles. The molecular formula is C55H78N4O6. The maximum Gasteiger partial charge on any atom is 0.320 e. The number of fused-ring (bicyclic) bond motifs is 8. The molecule has 6 rings (SSSR count). The molecule has 2 aromatic heterocycles. The van der Waals surface area contributed by atoms with Gasteiger partial charge in [0, 0.05) is 57.5 Å². The number of rotatable bonds is 20. The summed E-state index contributed by atoms with van der Waals surface area (Å²) in [5, 5.41) is 8.81. The minimum atomic E-state index is -1.14. The molecule has 7 atom stereocenters. The van der Waals surface area contributed by atoms with E-state index in [1.165, 1.54) is 63.2 Å². The number of aromatic nitrogens is 2. The predicted octanol–water partition coefficient (Wildman–Crippen LogP) is 10.3. The van der Waals surface area contributed by atoms with Gasteiger partial charge in [-0.3, -0.25) is 19.2 Å². The summed E-state index contributed by atoms with van der Waals surface area (Å²) in [6.45, 7) is 23.7. The zero-order chi connectivity index (χ0) is 47.3. The molecule has 3 aliphatic heterocycles. The number of allylic oxidation sites excluding steroid dienone is 4. The molecule has 1 saturated heterocycles. The monoisotopic (exact) mass is 891 g/mol. The van der Waals surface area contributed by atoms with Crippen LogP contribution in [-0.2, 0) is 19.1 Å². The molecule has 10 nitrogen and oxygen atoms in total. The first-order valence-corrected chi connectivity index (χ1v) is 24.8. The molecule has 1 fully saturated rings. The van der Waals surface area contributed by atoms with Crippen molar-refractivity contribution in [2.24, 2.45) is 41.4 Å². The summed E-state index contributed by atoms with van der Waals surface area (Å²) in [4.78, 5) is 61.9. The maximum absolute atomic E-state index is 14.4. The highest BCUT2D eigenvalue weighted by Gasteiger charge is 2.49. The van der Waals surface area contributed by atoms with E-state index in [1.54, 1.807) is 6.92 Å². The molecule has 10 heteroatoms. The van der Waals surface area contributed by atoms with Crippen molar-refractivity contribution in [1.82, 2.24) is 20.6 Å². The molecule has 2 aromatic rings. The van der Waals surface area contributed by atoms with Gasteiger partial charge in [-0.15, -0.1) is 0 Å². The van der Waals surface area contributed by atoms with E-state index in [9.17, 15) is 19.2 Å². The largest absolute Gasteiger partial charge is 0.468 e. The van der Waals surface area contributed by atoms with Crippen LogP contribution in [0.3, 0.4) is 0 Å². The number of methoxy groups -OCH3 is 1. The Hall–Kier alpha value is -4.86. The zero-order valence-corrected chi connectivity index (χ0v) is 41.6. The second-order valence-corrected chi connectivity index (χ2v) is 20.4. The number of esters is 2. The minimum absolute atomic E-state index is 0.0307. The number of carbonyl (C=O) groups excluding carboxylic acids is 4. The van der Waals surface area contributed by atoms with Gasteiger partial charge in [0.15, 0.2) is 11.6 Å². The van der Waals surface area contributed by atoms with Crippen molar-refractivity contribution >= 4 is 47.3 Å². The third-order valence-electron chi connectivity index (χ3n) is 15.1. The van der Waals surface area contributed by atoms with Crippen LogP contribution < -0.4 is 21.3 Å². The Morgan fingerprint density at radius 2 is 1.49 bits per heavy atom. The van der Waals surface area contributed by atoms with Gasteiger partial charge in [-0.25, -0.2) is 0 Å². The second-order valence-electron chi connectivity index (χ2n) is 20.4. The molecule has 4 aliphatic rings. The number of Topliss-reactive ketones (excluding diaryl/α,β-unsaturated/α-hetero) is 2. The third kappa shape index (κ3) is 11.1. The summed E-state index contributed by atoms with van der Waals surface area (Å²) in [6, 6.07) is -0.483. The topological polar surface area (TPSA) is 142 Å². The van der Waals surface area contributed by atoms with E-state index in [0.29, 0.717) is 34.4 Å². The fraction of sp³-hybridized carbons (Fsp3) is 0.600. The molecule has 0 radical (unpaired) electrons. The van der Waals surface area contributed by atoms with Crippen molar-refractivity contribution in [1.29, 1.82) is 0 Å². The summed E-state index contributed by atoms with van der Waals surface area (Å²) in [5.41, 5.74) is 10.2. The van der Waals surface area contributed by atoms with E-state index in [0.717, 1.165) is 76.1 Å². The van der Waals surface area contributed by atoms with E-state index >= 15 is 0 Å². The smallest absolute Gasteiger partial charge is 0.320 e. The average molecular weight is 891 g/mol. The molecule has 4 N–H and O–H groups in total. The average Bonchev–Trinajstić information content (AvgIpc) is 4.00. The van der Waals surface area contributed by atoms with Crippen LogP contribution in [0.2, 0.25) is 0 Å². The lowest BCUT2D eigenvalue weighted by Gasteiger charge is -2.25. The Kier molecular flexibility index (Phi) is 16.5. The lowest BCUT2D eigenvalue weighted by molar-refractivity contribution is -0.143. The Labute approximate surface area is 388 Å². The number of H-pyrrole nitrogens is 2. The molecule has 5 heterocycles. The van der Waals surface area contributed by atoms with Gasteiger partial charge in [0.05, 0.1) is 24.2 Å². The fourth-order valence-corrected chi connectivity index (χ4v) is 11.0. The number of ether oxygens (including phenoxy) is 2. The van der Waals surface area contributed by atoms with E-state index in [2.05, 4.69) is 88.1 Å². The molecule has 0 aromatic carbocycles. The molecule has 65 heavy (non-hydrogen) atoms. The Morgan fingerprint density at radius 1 is 0.831 bits per heavy atom. The predicted molar refractivity (Wildman–Crippen MR) is 262 cm³/mol. The van der Waals surface area contributed by atoms with Crippen LogP contribution in [0.1, 0.15) is 183 Å². The number of nitrogens with one attached hydrogen (secondary N) is 4. The van der Waals surface area contributed by atoms with Gasteiger partial charge in [-0.2, -0.15) is 0 Å². The van der Waals surface area contributed by atoms with Gasteiger partial charge in [-0.05, 0) is 124 Å². The summed E-state index contributed by atoms with van der Waals surface area (Å²) in [6.07, 6.45) is 20.9. The third-order valence-corrected chi connectivity index (χ3v) is 15.1. The van der Waals surface area contributed by atoms with Crippen molar-refractivity contribution < 1.29 is 28.7 Å². The molecule has 0 spiro atoms. The summed E-state index contributed by atoms with van der Waals surface area (Å²) >= 11 is 0. The zero-order valence-electron chi connectivity index (χ0n) is 41.6. The standard InChI is InChI=1S/C55H78N4O6/c1-13-39-34(7)41-29-46-48(38(11)60)36(9)43(57-46)27-42-35(8)40(52(58-42)50-51(55(63)64-12)54(62)49-37(10)44(59-53(49)50)28-45(39)56-41)23-24-47(61)65-26-25-33(6)22-16-21-32(5)20-15-19-31(4)18-14-17-30(2)3/h25,27-32,34-35,40,51-52,56-59H,13-24,26H2,1-12H3/b33-25+,41-29-,42-27-,44-28-/t31-,32-,34-,35+,40+,51-,52?/m1/s1. The first kappa shape index (κ1) is 49.6. The Balaban J connectivity index is 1.21. The van der Waals surface area contributed by atoms with Crippen molar-refractivity contribution in [3.8, 4) is 0 Å². The van der Waals surface area contributed by atoms with Crippen LogP contribution in [0.5, 0.6) is 0 Å². The number of carbonyl (C=O) groups is 4. The quantitative estimate of drug-likeness (QED) is 0.0446. The van der Waals surface area contributed by atoms with Gasteiger partial charge in [0.2, 0.25) is 0 Å². The number of hydrogen-bond acceptors (Lipinski definition) is 8. The van der Waals surface area contributed by atoms with Crippen LogP contribution in [0.15, 0.2) is 34.3 Å². The van der Waals surface area contributed by atoms with Crippen molar-refractivity contribution in [3.05, 3.63) is 78.7 Å². The lowest BCUT2D eigenvalue weighted by Crippen LogP contribution is -2.38. The first-order chi connectivity index (χ1) is 30.9. The SMILES string of the molecule is CCC1=C2/C=c3\[nH]c4c(c3C)C(=O)[C@H](C(=O)OC)C=4C3N/C(=C\c4[nH]c(c(C(C)=O)c4C)/C=C(\N2)[C@@H]1C)[C@@H](C)[C@@H]3CCC(=O)OC/C=C(\C)CCC[C@H](C)CCC[C@H](C)CCCC(C)C. The van der Waals surface area contributed by atoms with Crippen molar-refractivity contribution in [2.75, 3.05) is 13.7 Å². The van der Waals surface area contributed by atoms with Crippen LogP contribution in [0, 0.1) is 55.3 Å². The molecular weight excluding hydrogens is 813 g/mol. The van der Waals surface area contributed by atoms with Crippen LogP contribution in [0.4, 0.5) is 0 Å². The van der Waals surface area contributed by atoms with Gasteiger partial charge in [0.25, 0.3) is 0 Å². The van der Waals surface area contributed by atoms with E-state index in [4.69, 9.17) is 9.47 Å².